The summed E-state index contributed by atoms with van der Waals surface area (Å²) >= 11 is 0. The van der Waals surface area contributed by atoms with Crippen LogP contribution in [0.4, 0.5) is 4.79 Å². The van der Waals surface area contributed by atoms with Crippen molar-refractivity contribution < 1.29 is 57.1 Å². The molecule has 3 rings (SSSR count). The fourth-order valence-corrected chi connectivity index (χ4v) is 4.67. The predicted octanol–water partition coefficient (Wildman–Crippen LogP) is 3.85. The highest BCUT2D eigenvalue weighted by Gasteiger charge is 2.51. The average Bonchev–Trinajstić information content (AvgIpc) is 3.03. The predicted molar refractivity (Wildman–Crippen MR) is 162 cm³/mol. The van der Waals surface area contributed by atoms with Crippen LogP contribution in [0, 0.1) is 0 Å². The van der Waals surface area contributed by atoms with Gasteiger partial charge in [-0.3, -0.25) is 14.4 Å². The van der Waals surface area contributed by atoms with E-state index in [-0.39, 0.29) is 26.4 Å². The maximum Gasteiger partial charge on any atom is 0.407 e. The molecule has 1 amide bonds. The van der Waals surface area contributed by atoms with Gasteiger partial charge in [-0.25, -0.2) is 4.79 Å². The van der Waals surface area contributed by atoms with Gasteiger partial charge >= 0.3 is 24.0 Å². The zero-order valence-corrected chi connectivity index (χ0v) is 26.6. The van der Waals surface area contributed by atoms with Gasteiger partial charge in [0.15, 0.2) is 18.5 Å². The number of methoxy groups -OCH3 is 1. The number of alkyl carbamates (subject to hydrolysis) is 1. The molecule has 1 heterocycles. The van der Waals surface area contributed by atoms with Crippen molar-refractivity contribution in [2.75, 3.05) is 26.9 Å². The van der Waals surface area contributed by atoms with Crippen LogP contribution in [-0.2, 0) is 60.8 Å². The molecule has 13 nitrogen and oxygen atoms in total. The molecule has 1 aliphatic heterocycles. The second kappa shape index (κ2) is 19.3. The van der Waals surface area contributed by atoms with Gasteiger partial charge in [0.1, 0.15) is 31.2 Å². The largest absolute Gasteiger partial charge is 0.497 e. The summed E-state index contributed by atoms with van der Waals surface area (Å²) in [6.45, 7) is 4.34. The standard InChI is InChI=1S/C33H43NO12/c1-22(35)41-21-28-29(44-23(2)36)30(42-19-26-13-15-27(39-4)16-14-26)31(45-24(3)37)32(46-28)40-18-10-6-9-17-34-33(38)43-20-25-11-7-5-8-12-25/h5,7-8,11-16,28-32H,6,9-10,17-21H2,1-4H3,(H,34,38)/t28?,29-,30-,31-,32?/m0/s1. The van der Waals surface area contributed by atoms with Crippen molar-refractivity contribution in [1.82, 2.24) is 5.32 Å². The zero-order valence-electron chi connectivity index (χ0n) is 26.6. The first-order valence-corrected chi connectivity index (χ1v) is 15.1. The maximum absolute atomic E-state index is 12.2. The molecular formula is C33H43NO12. The van der Waals surface area contributed by atoms with E-state index in [0.29, 0.717) is 31.6 Å². The highest BCUT2D eigenvalue weighted by Crippen LogP contribution is 2.31. The van der Waals surface area contributed by atoms with E-state index in [1.165, 1.54) is 20.8 Å². The fourth-order valence-electron chi connectivity index (χ4n) is 4.67. The minimum absolute atomic E-state index is 0.0674. The Hall–Kier alpha value is -4.20. The third-order valence-corrected chi connectivity index (χ3v) is 6.83. The molecule has 1 saturated heterocycles. The number of benzene rings is 2. The Morgan fingerprint density at radius 2 is 1.39 bits per heavy atom. The second-order valence-electron chi connectivity index (χ2n) is 10.5. The lowest BCUT2D eigenvalue weighted by molar-refractivity contribution is -0.313. The molecule has 0 aromatic heterocycles. The van der Waals surface area contributed by atoms with Crippen LogP contribution in [0.25, 0.3) is 0 Å². The Morgan fingerprint density at radius 3 is 2.04 bits per heavy atom. The lowest BCUT2D eigenvalue weighted by Crippen LogP contribution is -2.62. The second-order valence-corrected chi connectivity index (χ2v) is 10.5. The van der Waals surface area contributed by atoms with Crippen molar-refractivity contribution in [2.24, 2.45) is 0 Å². The molecule has 13 heteroatoms. The van der Waals surface area contributed by atoms with Gasteiger partial charge < -0.3 is 43.2 Å². The maximum atomic E-state index is 12.2. The first-order chi connectivity index (χ1) is 22.2. The number of amides is 1. The number of nitrogens with one attached hydrogen (secondary N) is 1. The van der Waals surface area contributed by atoms with E-state index in [2.05, 4.69) is 5.32 Å². The van der Waals surface area contributed by atoms with Crippen LogP contribution < -0.4 is 10.1 Å². The molecule has 0 radical (unpaired) electrons. The number of unbranched alkanes of at least 4 members (excludes halogenated alkanes) is 2. The summed E-state index contributed by atoms with van der Waals surface area (Å²) in [7, 11) is 1.56. The van der Waals surface area contributed by atoms with E-state index in [0.717, 1.165) is 11.1 Å². The number of rotatable bonds is 17. The topological polar surface area (TPSA) is 154 Å². The van der Waals surface area contributed by atoms with Crippen molar-refractivity contribution >= 4 is 24.0 Å². The molecule has 0 aliphatic carbocycles. The zero-order chi connectivity index (χ0) is 33.3. The highest BCUT2D eigenvalue weighted by atomic mass is 16.7. The van der Waals surface area contributed by atoms with Crippen molar-refractivity contribution in [3.8, 4) is 5.75 Å². The van der Waals surface area contributed by atoms with Crippen LogP contribution >= 0.6 is 0 Å². The van der Waals surface area contributed by atoms with Gasteiger partial charge in [0.2, 0.25) is 0 Å². The minimum atomic E-state index is -1.12. The Balaban J connectivity index is 1.60. The molecule has 252 valence electrons. The number of hydrogen-bond acceptors (Lipinski definition) is 12. The lowest BCUT2D eigenvalue weighted by Gasteiger charge is -2.44. The van der Waals surface area contributed by atoms with Crippen LogP contribution in [-0.4, -0.2) is 81.6 Å². The molecule has 2 unspecified atom stereocenters. The first kappa shape index (κ1) is 36.3. The molecule has 2 aromatic carbocycles. The number of hydrogen-bond donors (Lipinski definition) is 1. The Bertz CT molecular complexity index is 1240. The van der Waals surface area contributed by atoms with Crippen molar-refractivity contribution in [2.45, 2.75) is 84.0 Å². The Labute approximate surface area is 268 Å². The van der Waals surface area contributed by atoms with E-state index < -0.39 is 54.7 Å². The van der Waals surface area contributed by atoms with Gasteiger partial charge in [-0.1, -0.05) is 42.5 Å². The highest BCUT2D eigenvalue weighted by molar-refractivity contribution is 5.67. The van der Waals surface area contributed by atoms with Crippen LogP contribution in [0.2, 0.25) is 0 Å². The van der Waals surface area contributed by atoms with E-state index in [4.69, 9.17) is 37.9 Å². The van der Waals surface area contributed by atoms with Crippen molar-refractivity contribution in [3.63, 3.8) is 0 Å². The van der Waals surface area contributed by atoms with Gasteiger partial charge in [-0.05, 0) is 42.5 Å². The van der Waals surface area contributed by atoms with Gasteiger partial charge in [-0.2, -0.15) is 0 Å². The van der Waals surface area contributed by atoms with Crippen LogP contribution in [0.15, 0.2) is 54.6 Å². The van der Waals surface area contributed by atoms with E-state index in [1.54, 1.807) is 19.2 Å². The minimum Gasteiger partial charge on any atom is -0.497 e. The van der Waals surface area contributed by atoms with Crippen LogP contribution in [0.1, 0.15) is 51.2 Å². The summed E-state index contributed by atoms with van der Waals surface area (Å²) in [5.74, 6) is -1.14. The summed E-state index contributed by atoms with van der Waals surface area (Å²) in [6.07, 6.45) is -3.87. The molecule has 2 aromatic rings. The monoisotopic (exact) mass is 645 g/mol. The van der Waals surface area contributed by atoms with Gasteiger partial charge in [0, 0.05) is 33.9 Å². The van der Waals surface area contributed by atoms with Gasteiger partial charge in [-0.15, -0.1) is 0 Å². The summed E-state index contributed by atoms with van der Waals surface area (Å²) in [5.41, 5.74) is 1.68. The quantitative estimate of drug-likeness (QED) is 0.151. The SMILES string of the molecule is COc1ccc(CO[C@@H]2[C@H](OC(C)=O)C(OCCCCCNC(=O)OCc3ccccc3)OC(COC(C)=O)[C@@H]2OC(C)=O)cc1. The van der Waals surface area contributed by atoms with Gasteiger partial charge in [0.05, 0.1) is 13.7 Å². The van der Waals surface area contributed by atoms with E-state index in [1.807, 2.05) is 42.5 Å². The summed E-state index contributed by atoms with van der Waals surface area (Å²) in [6, 6.07) is 16.5. The number of esters is 3. The van der Waals surface area contributed by atoms with Crippen LogP contribution in [0.3, 0.4) is 0 Å². The molecule has 5 atom stereocenters. The third kappa shape index (κ3) is 12.7. The van der Waals surface area contributed by atoms with Crippen molar-refractivity contribution in [3.05, 3.63) is 65.7 Å². The molecule has 1 fully saturated rings. The number of ether oxygens (including phenoxy) is 8. The first-order valence-electron chi connectivity index (χ1n) is 15.1. The fraction of sp³-hybridized carbons (Fsp3) is 0.515. The normalized spacial score (nSPS) is 20.7. The third-order valence-electron chi connectivity index (χ3n) is 6.83. The molecule has 1 N–H and O–H groups in total. The molecular weight excluding hydrogens is 602 g/mol. The summed E-state index contributed by atoms with van der Waals surface area (Å²) in [4.78, 5) is 47.9. The van der Waals surface area contributed by atoms with Crippen LogP contribution in [0.5, 0.6) is 5.75 Å². The average molecular weight is 646 g/mol. The Morgan fingerprint density at radius 1 is 0.717 bits per heavy atom. The molecule has 0 saturated carbocycles. The van der Waals surface area contributed by atoms with E-state index in [9.17, 15) is 19.2 Å². The molecule has 1 aliphatic rings. The summed E-state index contributed by atoms with van der Waals surface area (Å²) in [5, 5.41) is 2.72. The van der Waals surface area contributed by atoms with Gasteiger partial charge in [0.25, 0.3) is 0 Å². The summed E-state index contributed by atoms with van der Waals surface area (Å²) < 4.78 is 45.1. The smallest absolute Gasteiger partial charge is 0.407 e. The molecule has 0 spiro atoms. The number of carbonyl (C=O) groups excluding carboxylic acids is 4. The lowest BCUT2D eigenvalue weighted by atomic mass is 9.98. The van der Waals surface area contributed by atoms with E-state index >= 15 is 0 Å². The Kier molecular flexibility index (Phi) is 15.3. The molecule has 0 bridgehead atoms. The van der Waals surface area contributed by atoms with Crippen molar-refractivity contribution in [1.29, 1.82) is 0 Å². The molecule has 46 heavy (non-hydrogen) atoms. The number of carbonyl (C=O) groups is 4.